The van der Waals surface area contributed by atoms with Gasteiger partial charge in [-0.05, 0) is 30.1 Å². The van der Waals surface area contributed by atoms with Crippen molar-refractivity contribution < 1.29 is 4.42 Å². The van der Waals surface area contributed by atoms with Gasteiger partial charge < -0.3 is 4.42 Å². The molecule has 0 saturated carbocycles. The second-order valence-corrected chi connectivity index (χ2v) is 3.70. The van der Waals surface area contributed by atoms with Crippen LogP contribution < -0.4 is 0 Å². The fourth-order valence-corrected chi connectivity index (χ4v) is 1.95. The molecule has 0 spiro atoms. The van der Waals surface area contributed by atoms with Crippen molar-refractivity contribution in [3.05, 3.63) is 53.7 Å². The van der Waals surface area contributed by atoms with Gasteiger partial charge in [0.05, 0.1) is 5.69 Å². The summed E-state index contributed by atoms with van der Waals surface area (Å²) in [5, 5.41) is 0. The molecule has 0 atom stereocenters. The maximum Gasteiger partial charge on any atom is 0.181 e. The summed E-state index contributed by atoms with van der Waals surface area (Å²) in [7, 11) is 0. The first-order valence-corrected chi connectivity index (χ1v) is 5.12. The lowest BCUT2D eigenvalue weighted by atomic mass is 9.95. The van der Waals surface area contributed by atoms with E-state index in [9.17, 15) is 0 Å². The molecule has 74 valence electrons. The highest BCUT2D eigenvalue weighted by molar-refractivity contribution is 5.82. The van der Waals surface area contributed by atoms with Gasteiger partial charge in [-0.25, -0.2) is 4.98 Å². The molecule has 0 N–H and O–H groups in total. The van der Waals surface area contributed by atoms with E-state index in [0.29, 0.717) is 0 Å². The molecule has 1 aliphatic carbocycles. The molecule has 0 fully saturated rings. The molecule has 0 radical (unpaired) electrons. The summed E-state index contributed by atoms with van der Waals surface area (Å²) in [5.41, 5.74) is 3.69. The third kappa shape index (κ3) is 1.48. The molecule has 2 aromatic rings. The highest BCUT2D eigenvalue weighted by Crippen LogP contribution is 2.29. The Hall–Kier alpha value is -1.83. The third-order valence-electron chi connectivity index (χ3n) is 2.75. The van der Waals surface area contributed by atoms with E-state index in [-0.39, 0.29) is 0 Å². The Balaban J connectivity index is 2.04. The fraction of sp³-hybridized carbons (Fsp3) is 0.154. The summed E-state index contributed by atoms with van der Waals surface area (Å²) in [6.45, 7) is 0. The minimum Gasteiger partial charge on any atom is -0.444 e. The lowest BCUT2D eigenvalue weighted by Gasteiger charge is -2.11. The van der Waals surface area contributed by atoms with Crippen LogP contribution in [0.15, 0.2) is 41.1 Å². The highest BCUT2D eigenvalue weighted by atomic mass is 16.3. The number of aromatic nitrogens is 1. The Labute approximate surface area is 88.3 Å². The van der Waals surface area contributed by atoms with Crippen molar-refractivity contribution in [3.8, 4) is 0 Å². The van der Waals surface area contributed by atoms with Crippen LogP contribution in [0.1, 0.15) is 23.4 Å². The first kappa shape index (κ1) is 8.48. The number of aryl methyl sites for hydroxylation is 1. The summed E-state index contributed by atoms with van der Waals surface area (Å²) >= 11 is 0. The van der Waals surface area contributed by atoms with Gasteiger partial charge in [0.1, 0.15) is 0 Å². The molecule has 1 aromatic heterocycles. The van der Waals surface area contributed by atoms with Gasteiger partial charge in [0.15, 0.2) is 12.2 Å². The molecular formula is C13H11NO. The Morgan fingerprint density at radius 2 is 1.93 bits per heavy atom. The molecule has 1 aliphatic rings. The monoisotopic (exact) mass is 197 g/mol. The average molecular weight is 197 g/mol. The molecule has 0 unspecified atom stereocenters. The van der Waals surface area contributed by atoms with Crippen LogP contribution in [0.3, 0.4) is 0 Å². The van der Waals surface area contributed by atoms with Crippen molar-refractivity contribution >= 4 is 11.6 Å². The predicted molar refractivity (Wildman–Crippen MR) is 59.1 cm³/mol. The van der Waals surface area contributed by atoms with Gasteiger partial charge in [0.25, 0.3) is 0 Å². The van der Waals surface area contributed by atoms with Crippen molar-refractivity contribution in [1.82, 2.24) is 4.98 Å². The molecule has 0 bridgehead atoms. The molecule has 0 saturated heterocycles. The Morgan fingerprint density at radius 3 is 2.80 bits per heavy atom. The number of hydrogen-bond acceptors (Lipinski definition) is 2. The molecule has 2 nitrogen and oxygen atoms in total. The van der Waals surface area contributed by atoms with E-state index in [0.717, 1.165) is 24.3 Å². The quantitative estimate of drug-likeness (QED) is 0.701. The SMILES string of the molecule is C1=C(c2ccccc2)CCc2ncoc21. The maximum atomic E-state index is 5.32. The second kappa shape index (κ2) is 3.39. The molecule has 1 heterocycles. The Kier molecular flexibility index (Phi) is 1.91. The van der Waals surface area contributed by atoms with Crippen LogP contribution in [0.4, 0.5) is 0 Å². The minimum absolute atomic E-state index is 0.917. The van der Waals surface area contributed by atoms with E-state index in [4.69, 9.17) is 4.42 Å². The maximum absolute atomic E-state index is 5.32. The van der Waals surface area contributed by atoms with Crippen LogP contribution in [0.5, 0.6) is 0 Å². The Bertz CT molecular complexity index is 496. The van der Waals surface area contributed by atoms with E-state index in [1.54, 1.807) is 0 Å². The number of hydrogen-bond donors (Lipinski definition) is 0. The summed E-state index contributed by atoms with van der Waals surface area (Å²) in [5.74, 6) is 0.917. The largest absolute Gasteiger partial charge is 0.444 e. The topological polar surface area (TPSA) is 26.0 Å². The van der Waals surface area contributed by atoms with Gasteiger partial charge in [-0.2, -0.15) is 0 Å². The highest BCUT2D eigenvalue weighted by Gasteiger charge is 2.14. The van der Waals surface area contributed by atoms with Crippen LogP contribution in [0, 0.1) is 0 Å². The summed E-state index contributed by atoms with van der Waals surface area (Å²) in [6, 6.07) is 10.4. The van der Waals surface area contributed by atoms with Crippen molar-refractivity contribution in [3.63, 3.8) is 0 Å². The van der Waals surface area contributed by atoms with Crippen LogP contribution in [0.25, 0.3) is 11.6 Å². The van der Waals surface area contributed by atoms with E-state index in [1.807, 2.05) is 6.07 Å². The second-order valence-electron chi connectivity index (χ2n) is 3.70. The average Bonchev–Trinajstić information content (AvgIpc) is 2.77. The van der Waals surface area contributed by atoms with E-state index >= 15 is 0 Å². The zero-order valence-electron chi connectivity index (χ0n) is 8.31. The van der Waals surface area contributed by atoms with E-state index in [2.05, 4.69) is 35.3 Å². The zero-order chi connectivity index (χ0) is 10.1. The van der Waals surface area contributed by atoms with Gasteiger partial charge in [0.2, 0.25) is 0 Å². The van der Waals surface area contributed by atoms with E-state index < -0.39 is 0 Å². The number of nitrogens with zero attached hydrogens (tertiary/aromatic N) is 1. The third-order valence-corrected chi connectivity index (χ3v) is 2.75. The van der Waals surface area contributed by atoms with Crippen LogP contribution in [0.2, 0.25) is 0 Å². The fourth-order valence-electron chi connectivity index (χ4n) is 1.95. The number of fused-ring (bicyclic) bond motifs is 1. The van der Waals surface area contributed by atoms with Gasteiger partial charge >= 0.3 is 0 Å². The number of benzene rings is 1. The first-order chi connectivity index (χ1) is 7.43. The standard InChI is InChI=1S/C13H11NO/c1-2-4-10(5-3-1)11-6-7-12-13(8-11)15-9-14-12/h1-5,8-9H,6-7H2. The summed E-state index contributed by atoms with van der Waals surface area (Å²) < 4.78 is 5.32. The predicted octanol–water partition coefficient (Wildman–Crippen LogP) is 3.16. The van der Waals surface area contributed by atoms with Crippen molar-refractivity contribution in [1.29, 1.82) is 0 Å². The van der Waals surface area contributed by atoms with Crippen molar-refractivity contribution in [2.75, 3.05) is 0 Å². The smallest absolute Gasteiger partial charge is 0.181 e. The summed E-state index contributed by atoms with van der Waals surface area (Å²) in [4.78, 5) is 4.17. The van der Waals surface area contributed by atoms with Gasteiger partial charge in [-0.15, -0.1) is 0 Å². The van der Waals surface area contributed by atoms with Crippen molar-refractivity contribution in [2.45, 2.75) is 12.8 Å². The molecular weight excluding hydrogens is 186 g/mol. The first-order valence-electron chi connectivity index (χ1n) is 5.12. The lowest BCUT2D eigenvalue weighted by molar-refractivity contribution is 0.545. The van der Waals surface area contributed by atoms with Gasteiger partial charge in [-0.1, -0.05) is 30.3 Å². The van der Waals surface area contributed by atoms with Crippen LogP contribution in [-0.4, -0.2) is 4.98 Å². The molecule has 0 amide bonds. The number of rotatable bonds is 1. The minimum atomic E-state index is 0.917. The van der Waals surface area contributed by atoms with Crippen LogP contribution in [-0.2, 0) is 6.42 Å². The molecule has 15 heavy (non-hydrogen) atoms. The molecule has 0 aliphatic heterocycles. The number of allylic oxidation sites excluding steroid dienone is 1. The molecule has 1 aromatic carbocycles. The van der Waals surface area contributed by atoms with Gasteiger partial charge in [-0.3, -0.25) is 0 Å². The zero-order valence-corrected chi connectivity index (χ0v) is 8.31. The Morgan fingerprint density at radius 1 is 1.07 bits per heavy atom. The summed E-state index contributed by atoms with van der Waals surface area (Å²) in [6.07, 6.45) is 5.65. The van der Waals surface area contributed by atoms with Crippen molar-refractivity contribution in [2.24, 2.45) is 0 Å². The van der Waals surface area contributed by atoms with Crippen LogP contribution >= 0.6 is 0 Å². The van der Waals surface area contributed by atoms with Gasteiger partial charge in [0, 0.05) is 0 Å². The lowest BCUT2D eigenvalue weighted by Crippen LogP contribution is -1.97. The molecule has 2 heteroatoms. The normalized spacial score (nSPS) is 14.5. The number of oxazole rings is 1. The van der Waals surface area contributed by atoms with E-state index in [1.165, 1.54) is 17.5 Å². The molecule has 3 rings (SSSR count).